The predicted octanol–water partition coefficient (Wildman–Crippen LogP) is 4.64. The standard InChI is InChI=1S/C23H26N2O3S/c1-3-4-13-24-23-25(20-8-6-5-7-17(20)2)22(27)21(29-23)16-18-9-11-19(12-10-18)28-15-14-26/h5-12,16,26H,3-4,13-15H2,1-2H3/b21-16-,24-23?. The number of benzene rings is 2. The molecule has 1 amide bonds. The number of rotatable bonds is 8. The second-order valence-corrected chi connectivity index (χ2v) is 7.71. The van der Waals surface area contributed by atoms with Crippen LogP contribution in [0.5, 0.6) is 5.75 Å². The van der Waals surface area contributed by atoms with E-state index in [1.807, 2.05) is 61.5 Å². The number of nitrogens with zero attached hydrogens (tertiary/aromatic N) is 2. The monoisotopic (exact) mass is 410 g/mol. The van der Waals surface area contributed by atoms with Crippen LogP contribution in [0.2, 0.25) is 0 Å². The number of carbonyl (C=O) groups excluding carboxylic acids is 1. The summed E-state index contributed by atoms with van der Waals surface area (Å²) < 4.78 is 5.39. The van der Waals surface area contributed by atoms with E-state index in [9.17, 15) is 4.79 Å². The molecule has 0 aliphatic carbocycles. The lowest BCUT2D eigenvalue weighted by atomic mass is 10.1. The Labute approximate surface area is 176 Å². The van der Waals surface area contributed by atoms with Crippen molar-refractivity contribution in [2.45, 2.75) is 26.7 Å². The predicted molar refractivity (Wildman–Crippen MR) is 120 cm³/mol. The number of aliphatic hydroxyl groups excluding tert-OH is 1. The van der Waals surface area contributed by atoms with E-state index in [1.54, 1.807) is 4.90 Å². The van der Waals surface area contributed by atoms with Crippen molar-refractivity contribution in [3.8, 4) is 5.75 Å². The van der Waals surface area contributed by atoms with E-state index in [-0.39, 0.29) is 19.1 Å². The molecule has 152 valence electrons. The van der Waals surface area contributed by atoms with Crippen LogP contribution in [-0.2, 0) is 4.79 Å². The van der Waals surface area contributed by atoms with E-state index in [1.165, 1.54) is 11.8 Å². The van der Waals surface area contributed by atoms with Crippen LogP contribution in [0.15, 0.2) is 58.4 Å². The molecule has 0 atom stereocenters. The third-order valence-electron chi connectivity index (χ3n) is 4.46. The number of thioether (sulfide) groups is 1. The van der Waals surface area contributed by atoms with E-state index in [4.69, 9.17) is 14.8 Å². The van der Waals surface area contributed by atoms with Crippen LogP contribution in [0.3, 0.4) is 0 Å². The summed E-state index contributed by atoms with van der Waals surface area (Å²) in [5.74, 6) is 0.634. The van der Waals surface area contributed by atoms with Gasteiger partial charge in [-0.2, -0.15) is 0 Å². The Bertz CT molecular complexity index is 907. The van der Waals surface area contributed by atoms with Crippen LogP contribution >= 0.6 is 11.8 Å². The topological polar surface area (TPSA) is 62.1 Å². The fourth-order valence-electron chi connectivity index (χ4n) is 2.91. The molecule has 1 N–H and O–H groups in total. The minimum atomic E-state index is -0.0554. The van der Waals surface area contributed by atoms with Gasteiger partial charge in [0.15, 0.2) is 5.17 Å². The van der Waals surface area contributed by atoms with Gasteiger partial charge in [-0.15, -0.1) is 0 Å². The maximum Gasteiger partial charge on any atom is 0.271 e. The molecule has 5 nitrogen and oxygen atoms in total. The van der Waals surface area contributed by atoms with Crippen LogP contribution in [0, 0.1) is 6.92 Å². The minimum absolute atomic E-state index is 0.0220. The average Bonchev–Trinajstić information content (AvgIpc) is 3.03. The van der Waals surface area contributed by atoms with Crippen LogP contribution in [-0.4, -0.2) is 35.9 Å². The zero-order valence-electron chi connectivity index (χ0n) is 16.8. The highest BCUT2D eigenvalue weighted by atomic mass is 32.2. The molecule has 0 aromatic heterocycles. The van der Waals surface area contributed by atoms with Crippen molar-refractivity contribution < 1.29 is 14.6 Å². The molecule has 2 aromatic rings. The number of hydrogen-bond acceptors (Lipinski definition) is 5. The Kier molecular flexibility index (Phi) is 7.49. The largest absolute Gasteiger partial charge is 0.491 e. The molecule has 0 unspecified atom stereocenters. The Morgan fingerprint density at radius 1 is 1.17 bits per heavy atom. The third-order valence-corrected chi connectivity index (χ3v) is 5.47. The number of aliphatic imine (C=N–C) groups is 1. The molecule has 1 saturated heterocycles. The molecule has 1 aliphatic heterocycles. The average molecular weight is 411 g/mol. The van der Waals surface area contributed by atoms with E-state index in [0.29, 0.717) is 17.2 Å². The molecular formula is C23H26N2O3S. The summed E-state index contributed by atoms with van der Waals surface area (Å²) in [6, 6.07) is 15.3. The number of anilines is 1. The summed E-state index contributed by atoms with van der Waals surface area (Å²) in [5.41, 5.74) is 2.82. The maximum atomic E-state index is 13.2. The smallest absolute Gasteiger partial charge is 0.271 e. The normalized spacial score (nSPS) is 16.8. The van der Waals surface area contributed by atoms with Gasteiger partial charge in [-0.1, -0.05) is 43.7 Å². The highest BCUT2D eigenvalue weighted by molar-refractivity contribution is 8.19. The highest BCUT2D eigenvalue weighted by Crippen LogP contribution is 2.37. The summed E-state index contributed by atoms with van der Waals surface area (Å²) >= 11 is 1.42. The van der Waals surface area contributed by atoms with Crippen molar-refractivity contribution in [2.24, 2.45) is 4.99 Å². The molecule has 1 fully saturated rings. The number of aryl methyl sites for hydroxylation is 1. The fraction of sp³-hybridized carbons (Fsp3) is 0.304. The second kappa shape index (κ2) is 10.3. The van der Waals surface area contributed by atoms with Gasteiger partial charge in [-0.3, -0.25) is 14.7 Å². The zero-order valence-corrected chi connectivity index (χ0v) is 17.6. The van der Waals surface area contributed by atoms with E-state index in [0.717, 1.165) is 34.8 Å². The van der Waals surface area contributed by atoms with Crippen LogP contribution < -0.4 is 9.64 Å². The van der Waals surface area contributed by atoms with Gasteiger partial charge in [-0.05, 0) is 60.5 Å². The van der Waals surface area contributed by atoms with Crippen LogP contribution in [0.25, 0.3) is 6.08 Å². The molecule has 2 aromatic carbocycles. The van der Waals surface area contributed by atoms with Gasteiger partial charge >= 0.3 is 0 Å². The molecule has 1 aliphatic rings. The summed E-state index contributed by atoms with van der Waals surface area (Å²) in [4.78, 5) is 20.3. The van der Waals surface area contributed by atoms with E-state index < -0.39 is 0 Å². The summed E-state index contributed by atoms with van der Waals surface area (Å²) in [6.45, 7) is 5.08. The molecule has 0 radical (unpaired) electrons. The molecule has 1 heterocycles. The molecule has 0 spiro atoms. The van der Waals surface area contributed by atoms with Crippen molar-refractivity contribution in [3.63, 3.8) is 0 Å². The summed E-state index contributed by atoms with van der Waals surface area (Å²) in [6.07, 6.45) is 3.94. The molecule has 0 bridgehead atoms. The van der Waals surface area contributed by atoms with Crippen molar-refractivity contribution in [1.82, 2.24) is 0 Å². The molecular weight excluding hydrogens is 384 g/mol. The lowest BCUT2D eigenvalue weighted by molar-refractivity contribution is -0.113. The molecule has 0 saturated carbocycles. The number of amides is 1. The number of hydrogen-bond donors (Lipinski definition) is 1. The van der Waals surface area contributed by atoms with E-state index >= 15 is 0 Å². The lowest BCUT2D eigenvalue weighted by Gasteiger charge is -2.18. The van der Waals surface area contributed by atoms with Crippen molar-refractivity contribution in [3.05, 3.63) is 64.6 Å². The number of carbonyl (C=O) groups is 1. The first-order chi connectivity index (χ1) is 14.1. The number of amidine groups is 1. The molecule has 29 heavy (non-hydrogen) atoms. The number of para-hydroxylation sites is 1. The lowest BCUT2D eigenvalue weighted by Crippen LogP contribution is -2.29. The Balaban J connectivity index is 1.88. The molecule has 6 heteroatoms. The minimum Gasteiger partial charge on any atom is -0.491 e. The van der Waals surface area contributed by atoms with Gasteiger partial charge in [0, 0.05) is 6.54 Å². The number of aliphatic hydroxyl groups is 1. The Morgan fingerprint density at radius 2 is 1.93 bits per heavy atom. The summed E-state index contributed by atoms with van der Waals surface area (Å²) in [7, 11) is 0. The molecule has 3 rings (SSSR count). The maximum absolute atomic E-state index is 13.2. The first-order valence-electron chi connectivity index (χ1n) is 9.82. The Hall–Kier alpha value is -2.57. The zero-order chi connectivity index (χ0) is 20.6. The van der Waals surface area contributed by atoms with E-state index in [2.05, 4.69) is 6.92 Å². The van der Waals surface area contributed by atoms with Gasteiger partial charge in [0.25, 0.3) is 5.91 Å². The first kappa shape index (κ1) is 21.1. The van der Waals surface area contributed by atoms with Gasteiger partial charge in [0.1, 0.15) is 12.4 Å². The SMILES string of the molecule is CCCCN=C1S/C(=C\c2ccc(OCCO)cc2)C(=O)N1c1ccccc1C. The third kappa shape index (κ3) is 5.28. The first-order valence-corrected chi connectivity index (χ1v) is 10.6. The van der Waals surface area contributed by atoms with Crippen molar-refractivity contribution in [1.29, 1.82) is 0 Å². The number of ether oxygens (including phenoxy) is 1. The van der Waals surface area contributed by atoms with Gasteiger partial charge in [0.2, 0.25) is 0 Å². The highest BCUT2D eigenvalue weighted by Gasteiger charge is 2.35. The van der Waals surface area contributed by atoms with Crippen molar-refractivity contribution in [2.75, 3.05) is 24.7 Å². The van der Waals surface area contributed by atoms with Crippen molar-refractivity contribution >= 4 is 34.6 Å². The van der Waals surface area contributed by atoms with Crippen LogP contribution in [0.1, 0.15) is 30.9 Å². The second-order valence-electron chi connectivity index (χ2n) is 6.70. The quantitative estimate of drug-likeness (QED) is 0.509. The van der Waals surface area contributed by atoms with Gasteiger partial charge in [-0.25, -0.2) is 0 Å². The summed E-state index contributed by atoms with van der Waals surface area (Å²) in [5, 5.41) is 9.58. The van der Waals surface area contributed by atoms with Gasteiger partial charge < -0.3 is 9.84 Å². The van der Waals surface area contributed by atoms with Gasteiger partial charge in [0.05, 0.1) is 17.2 Å². The number of unbranched alkanes of at least 4 members (excludes halogenated alkanes) is 1. The Morgan fingerprint density at radius 3 is 2.62 bits per heavy atom. The fourth-order valence-corrected chi connectivity index (χ4v) is 3.91. The van der Waals surface area contributed by atoms with Crippen LogP contribution in [0.4, 0.5) is 5.69 Å².